The maximum Gasteiger partial charge on any atom is 0.341 e. The van der Waals surface area contributed by atoms with Gasteiger partial charge in [0.15, 0.2) is 0 Å². The number of esters is 1. The van der Waals surface area contributed by atoms with Crippen molar-refractivity contribution >= 4 is 28.1 Å². The molecule has 0 radical (unpaired) electrons. The zero-order valence-corrected chi connectivity index (χ0v) is 25.5. The molecule has 0 saturated carbocycles. The molecule has 3 aromatic carbocycles. The monoisotopic (exact) mass is 581 g/mol. The predicted molar refractivity (Wildman–Crippen MR) is 176 cm³/mol. The molecule has 0 bridgehead atoms. The molecule has 1 unspecified atom stereocenters. The molecule has 3 aromatic heterocycles. The summed E-state index contributed by atoms with van der Waals surface area (Å²) in [5.74, 6) is 0.264. The molecule has 0 saturated heterocycles. The predicted octanol–water partition coefficient (Wildman–Crippen LogP) is 8.17. The molecule has 44 heavy (non-hydrogen) atoms. The Kier molecular flexibility index (Phi) is 6.85. The third kappa shape index (κ3) is 4.08. The normalized spacial score (nSPS) is 15.9. The topological polar surface area (TPSA) is 56.1 Å². The number of anilines is 1. The van der Waals surface area contributed by atoms with E-state index < -0.39 is 11.6 Å². The van der Waals surface area contributed by atoms with Gasteiger partial charge in [-0.3, -0.25) is 0 Å². The molecule has 0 N–H and O–H groups in total. The first-order valence-corrected chi connectivity index (χ1v) is 15.3. The number of pyridine rings is 2. The van der Waals surface area contributed by atoms with Gasteiger partial charge < -0.3 is 18.8 Å². The highest BCUT2D eigenvalue weighted by Crippen LogP contribution is 2.55. The third-order valence-corrected chi connectivity index (χ3v) is 8.80. The molecule has 6 heteroatoms. The maximum atomic E-state index is 14.1. The smallest absolute Gasteiger partial charge is 0.341 e. The number of carbonyl (C=O) groups is 1. The molecule has 1 atom stereocenters. The average Bonchev–Trinajstić information content (AvgIpc) is 3.52. The number of para-hydroxylation sites is 1. The van der Waals surface area contributed by atoms with E-state index in [4.69, 9.17) is 14.5 Å². The lowest BCUT2D eigenvalue weighted by Gasteiger charge is -2.32. The van der Waals surface area contributed by atoms with Crippen molar-refractivity contribution in [3.8, 4) is 16.9 Å². The molecule has 4 heterocycles. The van der Waals surface area contributed by atoms with Crippen molar-refractivity contribution in [1.82, 2.24) is 9.38 Å². The lowest BCUT2D eigenvalue weighted by atomic mass is 9.78. The van der Waals surface area contributed by atoms with E-state index in [1.165, 1.54) is 0 Å². The zero-order valence-electron chi connectivity index (χ0n) is 25.5. The lowest BCUT2D eigenvalue weighted by molar-refractivity contribution is 0.0242. The van der Waals surface area contributed by atoms with Crippen LogP contribution in [0.5, 0.6) is 5.75 Å². The number of aryl methyl sites for hydroxylation is 1. The molecule has 6 aromatic rings. The van der Waals surface area contributed by atoms with Crippen LogP contribution in [0.15, 0.2) is 103 Å². The Balaban J connectivity index is 1.66. The van der Waals surface area contributed by atoms with E-state index in [-0.39, 0.29) is 0 Å². The average molecular weight is 582 g/mol. The molecular formula is C38H35N3O3. The van der Waals surface area contributed by atoms with Crippen molar-refractivity contribution in [3.63, 3.8) is 0 Å². The van der Waals surface area contributed by atoms with Crippen molar-refractivity contribution < 1.29 is 14.3 Å². The largest absolute Gasteiger partial charge is 0.493 e. The van der Waals surface area contributed by atoms with E-state index in [0.29, 0.717) is 23.6 Å². The fourth-order valence-corrected chi connectivity index (χ4v) is 6.81. The van der Waals surface area contributed by atoms with Gasteiger partial charge in [-0.15, -0.1) is 0 Å². The first-order valence-electron chi connectivity index (χ1n) is 15.3. The Morgan fingerprint density at radius 3 is 2.41 bits per heavy atom. The number of rotatable bonds is 8. The van der Waals surface area contributed by atoms with Gasteiger partial charge in [-0.2, -0.15) is 0 Å². The van der Waals surface area contributed by atoms with E-state index in [1.54, 1.807) is 0 Å². The van der Waals surface area contributed by atoms with Gasteiger partial charge in [-0.1, -0.05) is 54.6 Å². The first-order chi connectivity index (χ1) is 21.5. The maximum absolute atomic E-state index is 14.1. The van der Waals surface area contributed by atoms with E-state index in [2.05, 4.69) is 72.7 Å². The minimum atomic E-state index is -1.38. The van der Waals surface area contributed by atoms with Gasteiger partial charge in [0.25, 0.3) is 0 Å². The van der Waals surface area contributed by atoms with Crippen LogP contribution >= 0.6 is 0 Å². The van der Waals surface area contributed by atoms with Crippen LogP contribution in [0.3, 0.4) is 0 Å². The second-order valence-electron chi connectivity index (χ2n) is 11.1. The molecule has 0 fully saturated rings. The van der Waals surface area contributed by atoms with Gasteiger partial charge in [0, 0.05) is 58.8 Å². The van der Waals surface area contributed by atoms with Crippen molar-refractivity contribution in [2.24, 2.45) is 0 Å². The summed E-state index contributed by atoms with van der Waals surface area (Å²) in [4.78, 5) is 21.6. The molecule has 0 aliphatic carbocycles. The van der Waals surface area contributed by atoms with Crippen LogP contribution in [-0.2, 0) is 10.3 Å². The van der Waals surface area contributed by atoms with Gasteiger partial charge in [0.1, 0.15) is 11.4 Å². The van der Waals surface area contributed by atoms with Crippen LogP contribution in [-0.4, -0.2) is 35.1 Å². The molecule has 1 aliphatic heterocycles. The fraction of sp³-hybridized carbons (Fsp3) is 0.211. The number of hydrogen-bond donors (Lipinski definition) is 0. The summed E-state index contributed by atoms with van der Waals surface area (Å²) in [5.41, 5.74) is 7.15. The van der Waals surface area contributed by atoms with Crippen LogP contribution in [0, 0.1) is 6.92 Å². The molecule has 1 aliphatic rings. The van der Waals surface area contributed by atoms with Crippen molar-refractivity contribution in [2.75, 3.05) is 24.6 Å². The second kappa shape index (κ2) is 10.9. The molecule has 220 valence electrons. The summed E-state index contributed by atoms with van der Waals surface area (Å²) < 4.78 is 15.4. The Hall–Kier alpha value is -5.10. The molecule has 0 spiro atoms. The lowest BCUT2D eigenvalue weighted by Crippen LogP contribution is -2.32. The molecule has 6 nitrogen and oxygen atoms in total. The summed E-state index contributed by atoms with van der Waals surface area (Å²) in [6, 6.07) is 32.5. The van der Waals surface area contributed by atoms with Crippen molar-refractivity contribution in [3.05, 3.63) is 131 Å². The van der Waals surface area contributed by atoms with E-state index in [1.807, 2.05) is 67.6 Å². The summed E-state index contributed by atoms with van der Waals surface area (Å²) in [6.45, 7) is 10.6. The quantitative estimate of drug-likeness (QED) is 0.170. The van der Waals surface area contributed by atoms with Gasteiger partial charge in [-0.05, 0) is 69.7 Å². The molecule has 0 amide bonds. The van der Waals surface area contributed by atoms with Gasteiger partial charge >= 0.3 is 5.97 Å². The Bertz CT molecular complexity index is 2030. The number of fused-ring (bicyclic) bond motifs is 3. The SMILES string of the molecule is CCOc1cc(N(CC)CC)ccc1C1(c2c(-c3ccccc3)c(C)n3ccccc23)OC(=O)c2cc3ccccc3nc21. The van der Waals surface area contributed by atoms with Crippen LogP contribution in [0.4, 0.5) is 5.69 Å². The standard InChI is InChI=1S/C38H35N3O3/c1-5-40(6-2)28-20-21-30(33(24-28)43-7-3)38(36-29(37(42)44-38)23-27-17-11-12-18-31(27)39-36)35-32-19-13-14-22-41(32)25(4)34(35)26-15-9-8-10-16-26/h8-24H,5-7H2,1-4H3. The highest BCUT2D eigenvalue weighted by molar-refractivity contribution is 6.01. The van der Waals surface area contributed by atoms with Crippen LogP contribution in [0.1, 0.15) is 53.6 Å². The Morgan fingerprint density at radius 2 is 1.64 bits per heavy atom. The number of cyclic esters (lactones) is 1. The van der Waals surface area contributed by atoms with Crippen LogP contribution in [0.2, 0.25) is 0 Å². The molecule has 7 rings (SSSR count). The minimum Gasteiger partial charge on any atom is -0.493 e. The summed E-state index contributed by atoms with van der Waals surface area (Å²) in [6.07, 6.45) is 2.06. The Labute approximate surface area is 257 Å². The number of hydrogen-bond acceptors (Lipinski definition) is 5. The number of ether oxygens (including phenoxy) is 2. The zero-order chi connectivity index (χ0) is 30.4. The third-order valence-electron chi connectivity index (χ3n) is 8.80. The summed E-state index contributed by atoms with van der Waals surface area (Å²) in [5, 5.41) is 0.891. The first kappa shape index (κ1) is 27.7. The van der Waals surface area contributed by atoms with E-state index in [9.17, 15) is 4.79 Å². The molecular weight excluding hydrogens is 546 g/mol. The van der Waals surface area contributed by atoms with Crippen LogP contribution in [0.25, 0.3) is 27.5 Å². The van der Waals surface area contributed by atoms with Gasteiger partial charge in [0.2, 0.25) is 5.60 Å². The van der Waals surface area contributed by atoms with E-state index in [0.717, 1.165) is 63.1 Å². The number of carbonyl (C=O) groups excluding carboxylic acids is 1. The highest BCUT2D eigenvalue weighted by Gasteiger charge is 2.54. The number of nitrogens with zero attached hydrogens (tertiary/aromatic N) is 3. The van der Waals surface area contributed by atoms with Gasteiger partial charge in [-0.25, -0.2) is 9.78 Å². The summed E-state index contributed by atoms with van der Waals surface area (Å²) >= 11 is 0. The van der Waals surface area contributed by atoms with Crippen molar-refractivity contribution in [1.29, 1.82) is 0 Å². The fourth-order valence-electron chi connectivity index (χ4n) is 6.81. The number of benzene rings is 3. The summed E-state index contributed by atoms with van der Waals surface area (Å²) in [7, 11) is 0. The highest BCUT2D eigenvalue weighted by atomic mass is 16.6. The van der Waals surface area contributed by atoms with E-state index >= 15 is 0 Å². The number of aromatic nitrogens is 2. The minimum absolute atomic E-state index is 0.402. The van der Waals surface area contributed by atoms with Crippen molar-refractivity contribution in [2.45, 2.75) is 33.3 Å². The Morgan fingerprint density at radius 1 is 0.886 bits per heavy atom. The van der Waals surface area contributed by atoms with Gasteiger partial charge in [0.05, 0.1) is 23.2 Å². The van der Waals surface area contributed by atoms with Crippen LogP contribution < -0.4 is 9.64 Å². The second-order valence-corrected chi connectivity index (χ2v) is 11.1.